The number of likely N-dealkylation sites (N-methyl/N-ethyl adjacent to an activating group) is 1. The number of carbonyl (C=O) groups is 2. The lowest BCUT2D eigenvalue weighted by atomic mass is 10.1. The number of rotatable bonds is 10. The number of ether oxygens (including phenoxy) is 3. The van der Waals surface area contributed by atoms with Crippen LogP contribution >= 0.6 is 0 Å². The molecular weight excluding hydrogens is 406 g/mol. The number of methoxy groups -OCH3 is 2. The zero-order valence-electron chi connectivity index (χ0n) is 17.8. The summed E-state index contributed by atoms with van der Waals surface area (Å²) in [6.07, 6.45) is 0. The van der Waals surface area contributed by atoms with Crippen molar-refractivity contribution in [3.05, 3.63) is 58.1 Å². The molecule has 166 valence electrons. The van der Waals surface area contributed by atoms with E-state index in [2.05, 4.69) is 5.32 Å². The lowest BCUT2D eigenvalue weighted by molar-refractivity contribution is -0.385. The van der Waals surface area contributed by atoms with E-state index in [0.717, 1.165) is 5.56 Å². The number of hydrogen-bond donors (Lipinski definition) is 1. The molecule has 10 nitrogen and oxygen atoms in total. The minimum atomic E-state index is -0.741. The molecule has 0 unspecified atom stereocenters. The summed E-state index contributed by atoms with van der Waals surface area (Å²) in [5, 5.41) is 13.5. The summed E-state index contributed by atoms with van der Waals surface area (Å²) in [6, 6.07) is 10.3. The molecule has 0 aliphatic rings. The number of amides is 2. The number of nitrogens with zero attached hydrogens (tertiary/aromatic N) is 2. The first-order chi connectivity index (χ1) is 14.8. The highest BCUT2D eigenvalue weighted by molar-refractivity contribution is 5.87. The minimum absolute atomic E-state index is 0.0174. The molecule has 10 heteroatoms. The van der Waals surface area contributed by atoms with Gasteiger partial charge in [-0.3, -0.25) is 19.7 Å². The van der Waals surface area contributed by atoms with Crippen molar-refractivity contribution >= 4 is 17.5 Å². The number of nitrogens with one attached hydrogen (secondary N) is 1. The summed E-state index contributed by atoms with van der Waals surface area (Å²) in [4.78, 5) is 36.9. The molecule has 0 radical (unpaired) electrons. The summed E-state index contributed by atoms with van der Waals surface area (Å²) < 4.78 is 15.7. The molecule has 0 aromatic heterocycles. The third kappa shape index (κ3) is 6.08. The van der Waals surface area contributed by atoms with Gasteiger partial charge in [-0.15, -0.1) is 0 Å². The fourth-order valence-corrected chi connectivity index (χ4v) is 2.85. The van der Waals surface area contributed by atoms with Gasteiger partial charge in [-0.05, 0) is 30.7 Å². The van der Waals surface area contributed by atoms with Gasteiger partial charge in [0.2, 0.25) is 11.7 Å². The monoisotopic (exact) mass is 431 g/mol. The quantitative estimate of drug-likeness (QED) is 0.452. The Bertz CT molecular complexity index is 931. The van der Waals surface area contributed by atoms with Crippen LogP contribution in [-0.4, -0.2) is 55.6 Å². The summed E-state index contributed by atoms with van der Waals surface area (Å²) in [6.45, 7) is 1.44. The largest absolute Gasteiger partial charge is 0.497 e. The molecule has 0 saturated heterocycles. The molecule has 0 saturated carbocycles. The predicted octanol–water partition coefficient (Wildman–Crippen LogP) is 2.15. The van der Waals surface area contributed by atoms with Crippen LogP contribution in [0.25, 0.3) is 0 Å². The SMILES string of the molecule is CNC(=O)[C@@H](C)N(Cc1ccc(OC)cc1)C(=O)COc1ccc([N+](=O)[O-])c(OC)c1. The molecule has 2 aromatic rings. The highest BCUT2D eigenvalue weighted by Gasteiger charge is 2.26. The van der Waals surface area contributed by atoms with E-state index in [9.17, 15) is 19.7 Å². The van der Waals surface area contributed by atoms with Crippen LogP contribution in [0.1, 0.15) is 12.5 Å². The van der Waals surface area contributed by atoms with Crippen molar-refractivity contribution < 1.29 is 28.7 Å². The number of benzene rings is 2. The van der Waals surface area contributed by atoms with Crippen LogP contribution in [0.5, 0.6) is 17.2 Å². The Balaban J connectivity index is 2.16. The second-order valence-corrected chi connectivity index (χ2v) is 6.54. The minimum Gasteiger partial charge on any atom is -0.497 e. The molecule has 31 heavy (non-hydrogen) atoms. The summed E-state index contributed by atoms with van der Waals surface area (Å²) in [7, 11) is 4.36. The molecule has 0 heterocycles. The molecule has 0 bridgehead atoms. The number of carbonyl (C=O) groups excluding carboxylic acids is 2. The van der Waals surface area contributed by atoms with Crippen molar-refractivity contribution in [2.75, 3.05) is 27.9 Å². The van der Waals surface area contributed by atoms with Gasteiger partial charge in [0.15, 0.2) is 6.61 Å². The molecule has 0 fully saturated rings. The van der Waals surface area contributed by atoms with Gasteiger partial charge in [0, 0.05) is 25.7 Å². The van der Waals surface area contributed by atoms with E-state index in [1.54, 1.807) is 38.3 Å². The van der Waals surface area contributed by atoms with Crippen molar-refractivity contribution in [3.63, 3.8) is 0 Å². The van der Waals surface area contributed by atoms with Gasteiger partial charge in [0.05, 0.1) is 19.1 Å². The Kier molecular flexibility index (Phi) is 8.18. The van der Waals surface area contributed by atoms with Crippen molar-refractivity contribution in [3.8, 4) is 17.2 Å². The fraction of sp³-hybridized carbons (Fsp3) is 0.333. The maximum Gasteiger partial charge on any atom is 0.311 e. The first kappa shape index (κ1) is 23.5. The molecule has 0 aliphatic heterocycles. The van der Waals surface area contributed by atoms with Gasteiger partial charge in [-0.2, -0.15) is 0 Å². The van der Waals surface area contributed by atoms with Crippen LogP contribution in [0, 0.1) is 10.1 Å². The third-order valence-corrected chi connectivity index (χ3v) is 4.64. The van der Waals surface area contributed by atoms with E-state index in [-0.39, 0.29) is 36.2 Å². The molecular formula is C21H25N3O7. The molecule has 0 aliphatic carbocycles. The second-order valence-electron chi connectivity index (χ2n) is 6.54. The molecule has 1 N–H and O–H groups in total. The first-order valence-electron chi connectivity index (χ1n) is 9.40. The second kappa shape index (κ2) is 10.8. The van der Waals surface area contributed by atoms with Crippen molar-refractivity contribution in [2.45, 2.75) is 19.5 Å². The van der Waals surface area contributed by atoms with Gasteiger partial charge in [0.1, 0.15) is 17.5 Å². The van der Waals surface area contributed by atoms with Crippen LogP contribution in [0.2, 0.25) is 0 Å². The zero-order chi connectivity index (χ0) is 23.0. The van der Waals surface area contributed by atoms with Gasteiger partial charge in [-0.25, -0.2) is 0 Å². The predicted molar refractivity (Wildman–Crippen MR) is 112 cm³/mol. The molecule has 0 spiro atoms. The van der Waals surface area contributed by atoms with Crippen LogP contribution in [0.4, 0.5) is 5.69 Å². The van der Waals surface area contributed by atoms with Crippen molar-refractivity contribution in [1.29, 1.82) is 0 Å². The van der Waals surface area contributed by atoms with E-state index in [1.807, 2.05) is 0 Å². The topological polar surface area (TPSA) is 120 Å². The van der Waals surface area contributed by atoms with E-state index in [1.165, 1.54) is 37.3 Å². The maximum atomic E-state index is 12.9. The van der Waals surface area contributed by atoms with Gasteiger partial charge >= 0.3 is 5.69 Å². The smallest absolute Gasteiger partial charge is 0.311 e. The fourth-order valence-electron chi connectivity index (χ4n) is 2.85. The Morgan fingerprint density at radius 2 is 1.74 bits per heavy atom. The Morgan fingerprint density at radius 3 is 2.29 bits per heavy atom. The van der Waals surface area contributed by atoms with E-state index in [4.69, 9.17) is 14.2 Å². The Labute approximate surface area is 179 Å². The summed E-state index contributed by atoms with van der Waals surface area (Å²) in [5.41, 5.74) is 0.595. The third-order valence-electron chi connectivity index (χ3n) is 4.64. The van der Waals surface area contributed by atoms with Gasteiger partial charge in [0.25, 0.3) is 5.91 Å². The first-order valence-corrected chi connectivity index (χ1v) is 9.40. The number of hydrogen-bond acceptors (Lipinski definition) is 7. The molecule has 2 aromatic carbocycles. The molecule has 2 amide bonds. The van der Waals surface area contributed by atoms with Gasteiger partial charge < -0.3 is 24.4 Å². The number of nitro groups is 1. The lowest BCUT2D eigenvalue weighted by Crippen LogP contribution is -2.48. The average Bonchev–Trinajstić information content (AvgIpc) is 2.79. The normalized spacial score (nSPS) is 11.2. The Hall–Kier alpha value is -3.82. The van der Waals surface area contributed by atoms with E-state index >= 15 is 0 Å². The van der Waals surface area contributed by atoms with Gasteiger partial charge in [-0.1, -0.05) is 12.1 Å². The summed E-state index contributed by atoms with van der Waals surface area (Å²) >= 11 is 0. The van der Waals surface area contributed by atoms with Crippen molar-refractivity contribution in [2.24, 2.45) is 0 Å². The van der Waals surface area contributed by atoms with Crippen LogP contribution < -0.4 is 19.5 Å². The lowest BCUT2D eigenvalue weighted by Gasteiger charge is -2.28. The van der Waals surface area contributed by atoms with Crippen LogP contribution in [0.15, 0.2) is 42.5 Å². The Morgan fingerprint density at radius 1 is 1.10 bits per heavy atom. The van der Waals surface area contributed by atoms with E-state index < -0.39 is 16.9 Å². The zero-order valence-corrected chi connectivity index (χ0v) is 17.8. The van der Waals surface area contributed by atoms with Crippen molar-refractivity contribution in [1.82, 2.24) is 10.2 Å². The van der Waals surface area contributed by atoms with E-state index in [0.29, 0.717) is 5.75 Å². The molecule has 2 rings (SSSR count). The highest BCUT2D eigenvalue weighted by atomic mass is 16.6. The molecule has 1 atom stereocenters. The van der Waals surface area contributed by atoms with Crippen LogP contribution in [-0.2, 0) is 16.1 Å². The number of nitro benzene ring substituents is 1. The highest BCUT2D eigenvalue weighted by Crippen LogP contribution is 2.30. The van der Waals surface area contributed by atoms with Crippen LogP contribution in [0.3, 0.4) is 0 Å². The summed E-state index contributed by atoms with van der Waals surface area (Å²) in [5.74, 6) is 0.177. The standard InChI is InChI=1S/C21H25N3O7/c1-14(21(26)22-2)23(12-15-5-7-16(29-3)8-6-15)20(25)13-31-17-9-10-18(24(27)28)19(11-17)30-4/h5-11,14H,12-13H2,1-4H3,(H,22,26)/t14-/m1/s1. The maximum absolute atomic E-state index is 12.9. The average molecular weight is 431 g/mol.